The van der Waals surface area contributed by atoms with Gasteiger partial charge in [0, 0.05) is 31.1 Å². The number of hydrogen-bond donors (Lipinski definition) is 2. The third-order valence-corrected chi connectivity index (χ3v) is 4.11. The molecule has 0 radical (unpaired) electrons. The van der Waals surface area contributed by atoms with E-state index in [1.165, 1.54) is 0 Å². The predicted molar refractivity (Wildman–Crippen MR) is 100 cm³/mol. The molecule has 3 aromatic rings. The van der Waals surface area contributed by atoms with Crippen LogP contribution in [0.4, 0.5) is 0 Å². The molecule has 0 fully saturated rings. The van der Waals surface area contributed by atoms with E-state index in [1.54, 1.807) is 11.7 Å². The lowest BCUT2D eigenvalue weighted by Gasteiger charge is -2.12. The zero-order valence-electron chi connectivity index (χ0n) is 14.9. The lowest BCUT2D eigenvalue weighted by molar-refractivity contribution is 0.415. The van der Waals surface area contributed by atoms with E-state index in [0.29, 0.717) is 30.8 Å². The quantitative estimate of drug-likeness (QED) is 0.496. The lowest BCUT2D eigenvalue weighted by Crippen LogP contribution is -2.28. The zero-order valence-corrected chi connectivity index (χ0v) is 14.9. The van der Waals surface area contributed by atoms with Crippen molar-refractivity contribution in [3.63, 3.8) is 0 Å². The summed E-state index contributed by atoms with van der Waals surface area (Å²) in [6, 6.07) is 7.53. The smallest absolute Gasteiger partial charge is 0.256 e. The topological polar surface area (TPSA) is 84.8 Å². The van der Waals surface area contributed by atoms with E-state index in [1.807, 2.05) is 31.2 Å². The summed E-state index contributed by atoms with van der Waals surface area (Å²) >= 11 is 0. The maximum absolute atomic E-state index is 12.8. The van der Waals surface area contributed by atoms with E-state index >= 15 is 0 Å². The summed E-state index contributed by atoms with van der Waals surface area (Å²) in [5.41, 5.74) is 1.35. The van der Waals surface area contributed by atoms with E-state index in [4.69, 9.17) is 11.2 Å². The van der Waals surface area contributed by atoms with Crippen LogP contribution in [0.1, 0.15) is 17.2 Å². The summed E-state index contributed by atoms with van der Waals surface area (Å²) in [5, 5.41) is 11.1. The van der Waals surface area contributed by atoms with Gasteiger partial charge in [-0.1, -0.05) is 5.92 Å². The van der Waals surface area contributed by atoms with Gasteiger partial charge >= 0.3 is 0 Å². The van der Waals surface area contributed by atoms with Gasteiger partial charge in [0.05, 0.1) is 19.2 Å². The molecule has 7 heteroatoms. The van der Waals surface area contributed by atoms with Crippen LogP contribution >= 0.6 is 0 Å². The maximum Gasteiger partial charge on any atom is 0.256 e. The number of nitrogens with one attached hydrogen (secondary N) is 2. The van der Waals surface area contributed by atoms with Crippen LogP contribution in [0.25, 0.3) is 10.9 Å². The Hall–Kier alpha value is -3.11. The highest BCUT2D eigenvalue weighted by molar-refractivity contribution is 5.81. The van der Waals surface area contributed by atoms with Gasteiger partial charge in [-0.25, -0.2) is 4.98 Å². The molecule has 0 amide bonds. The van der Waals surface area contributed by atoms with Crippen LogP contribution in [0.3, 0.4) is 0 Å². The third kappa shape index (κ3) is 3.76. The first-order valence-electron chi connectivity index (χ1n) is 8.35. The number of aryl methyl sites for hydroxylation is 1. The Balaban J connectivity index is 1.80. The van der Waals surface area contributed by atoms with Crippen LogP contribution in [0.15, 0.2) is 29.1 Å². The molecule has 0 saturated heterocycles. The molecule has 0 aliphatic rings. The summed E-state index contributed by atoms with van der Waals surface area (Å²) in [4.78, 5) is 17.1. The molecule has 2 heterocycles. The van der Waals surface area contributed by atoms with Gasteiger partial charge < -0.3 is 10.1 Å². The number of pyridine rings is 1. The van der Waals surface area contributed by atoms with Gasteiger partial charge in [0.15, 0.2) is 5.82 Å². The Kier molecular flexibility index (Phi) is 5.34. The molecule has 134 valence electrons. The molecule has 0 spiro atoms. The highest BCUT2D eigenvalue weighted by Crippen LogP contribution is 2.20. The van der Waals surface area contributed by atoms with Crippen LogP contribution in [0.2, 0.25) is 0 Å². The van der Waals surface area contributed by atoms with Crippen molar-refractivity contribution in [2.75, 3.05) is 13.7 Å². The van der Waals surface area contributed by atoms with Crippen LogP contribution < -0.4 is 15.6 Å². The van der Waals surface area contributed by atoms with Gasteiger partial charge in [-0.2, -0.15) is 5.10 Å². The van der Waals surface area contributed by atoms with Crippen molar-refractivity contribution >= 4 is 10.9 Å². The fraction of sp³-hybridized carbons (Fsp3) is 0.316. The van der Waals surface area contributed by atoms with Gasteiger partial charge in [0.2, 0.25) is 0 Å². The second-order valence-corrected chi connectivity index (χ2v) is 5.95. The van der Waals surface area contributed by atoms with E-state index < -0.39 is 0 Å². The predicted octanol–water partition coefficient (Wildman–Crippen LogP) is 1.40. The number of rotatable bonds is 7. The Labute approximate surface area is 151 Å². The minimum Gasteiger partial charge on any atom is -0.497 e. The summed E-state index contributed by atoms with van der Waals surface area (Å²) in [6.07, 6.45) is 6.14. The maximum atomic E-state index is 12.8. The molecule has 0 atom stereocenters. The highest BCUT2D eigenvalue weighted by atomic mass is 16.5. The second-order valence-electron chi connectivity index (χ2n) is 5.95. The fourth-order valence-electron chi connectivity index (χ4n) is 2.84. The Bertz CT molecular complexity index is 1010. The number of terminal acetylenes is 1. The number of nitrogens with zero attached hydrogens (tertiary/aromatic N) is 3. The van der Waals surface area contributed by atoms with Crippen LogP contribution in [-0.2, 0) is 19.5 Å². The molecule has 3 rings (SSSR count). The number of methoxy groups -OCH3 is 1. The normalized spacial score (nSPS) is 10.8. The first-order chi connectivity index (χ1) is 12.6. The van der Waals surface area contributed by atoms with Crippen molar-refractivity contribution < 1.29 is 4.74 Å². The number of hydrogen-bond acceptors (Lipinski definition) is 5. The van der Waals surface area contributed by atoms with Crippen molar-refractivity contribution in [1.29, 1.82) is 0 Å². The molecular formula is C19H21N5O2. The first kappa shape index (κ1) is 17.7. The Morgan fingerprint density at radius 1 is 1.38 bits per heavy atom. The minimum atomic E-state index is -0.0926. The van der Waals surface area contributed by atoms with Crippen LogP contribution in [0, 0.1) is 19.3 Å². The third-order valence-electron chi connectivity index (χ3n) is 4.11. The molecule has 0 aliphatic heterocycles. The summed E-state index contributed by atoms with van der Waals surface area (Å²) < 4.78 is 6.86. The van der Waals surface area contributed by atoms with E-state index in [-0.39, 0.29) is 12.1 Å². The number of ether oxygens (including phenoxy) is 1. The summed E-state index contributed by atoms with van der Waals surface area (Å²) in [6.45, 7) is 3.20. The van der Waals surface area contributed by atoms with Gasteiger partial charge in [-0.3, -0.25) is 14.5 Å². The van der Waals surface area contributed by atoms with Gasteiger partial charge in [0.25, 0.3) is 5.56 Å². The van der Waals surface area contributed by atoms with Crippen LogP contribution in [0.5, 0.6) is 5.75 Å². The Morgan fingerprint density at radius 3 is 2.92 bits per heavy atom. The monoisotopic (exact) mass is 351 g/mol. The highest BCUT2D eigenvalue weighted by Gasteiger charge is 2.10. The second kappa shape index (κ2) is 7.85. The number of aromatic amines is 1. The van der Waals surface area contributed by atoms with E-state index in [2.05, 4.69) is 26.4 Å². The molecule has 0 bridgehead atoms. The summed E-state index contributed by atoms with van der Waals surface area (Å²) in [5.74, 6) is 4.79. The molecular weight excluding hydrogens is 330 g/mol. The fourth-order valence-corrected chi connectivity index (χ4v) is 2.84. The number of aromatic nitrogens is 4. The molecule has 1 aromatic carbocycles. The summed E-state index contributed by atoms with van der Waals surface area (Å²) in [7, 11) is 1.60. The largest absolute Gasteiger partial charge is 0.497 e. The lowest BCUT2D eigenvalue weighted by atomic mass is 10.1. The average Bonchev–Trinajstić information content (AvgIpc) is 3.06. The van der Waals surface area contributed by atoms with Crippen molar-refractivity contribution in [3.05, 3.63) is 51.8 Å². The molecule has 2 N–H and O–H groups in total. The zero-order chi connectivity index (χ0) is 18.5. The molecule has 0 unspecified atom stereocenters. The van der Waals surface area contributed by atoms with Crippen molar-refractivity contribution in [2.45, 2.75) is 26.4 Å². The van der Waals surface area contributed by atoms with Gasteiger partial charge in [-0.05, 0) is 30.5 Å². The number of fused-ring (bicyclic) bond motifs is 1. The van der Waals surface area contributed by atoms with Gasteiger partial charge in [0.1, 0.15) is 11.6 Å². The van der Waals surface area contributed by atoms with Crippen LogP contribution in [-0.4, -0.2) is 33.4 Å². The SMILES string of the molecule is C#CCn1c(=O)c(CNCCc2n[nH]c(C)n2)cc2ccc(OC)cc21. The molecule has 26 heavy (non-hydrogen) atoms. The van der Waals surface area contributed by atoms with E-state index in [0.717, 1.165) is 22.6 Å². The number of H-pyrrole nitrogens is 1. The van der Waals surface area contributed by atoms with Crippen molar-refractivity contribution in [1.82, 2.24) is 25.1 Å². The van der Waals surface area contributed by atoms with Crippen molar-refractivity contribution in [3.8, 4) is 18.1 Å². The molecule has 7 nitrogen and oxygen atoms in total. The van der Waals surface area contributed by atoms with E-state index in [9.17, 15) is 4.79 Å². The molecule has 2 aromatic heterocycles. The van der Waals surface area contributed by atoms with Gasteiger partial charge in [-0.15, -0.1) is 6.42 Å². The standard InChI is InChI=1S/C19H21N5O2/c1-4-9-24-17-11-16(26-3)6-5-14(17)10-15(19(24)25)12-20-8-7-18-21-13(2)22-23-18/h1,5-6,10-11,20H,7-9,12H2,2-3H3,(H,21,22,23). The number of benzene rings is 1. The molecule has 0 aliphatic carbocycles. The molecule has 0 saturated carbocycles. The minimum absolute atomic E-state index is 0.0926. The van der Waals surface area contributed by atoms with Crippen molar-refractivity contribution in [2.24, 2.45) is 0 Å². The average molecular weight is 351 g/mol. The Morgan fingerprint density at radius 2 is 2.23 bits per heavy atom. The first-order valence-corrected chi connectivity index (χ1v) is 8.35.